The van der Waals surface area contributed by atoms with Gasteiger partial charge in [-0.1, -0.05) is 49.6 Å². The normalized spacial score (nSPS) is 17.6. The molecule has 0 unspecified atom stereocenters. The van der Waals surface area contributed by atoms with Crippen LogP contribution >= 0.6 is 12.2 Å². The van der Waals surface area contributed by atoms with Crippen LogP contribution in [0.4, 0.5) is 0 Å². The highest BCUT2D eigenvalue weighted by Gasteiger charge is 2.20. The molecule has 0 bridgehead atoms. The van der Waals surface area contributed by atoms with Crippen LogP contribution in [0.5, 0.6) is 5.75 Å². The van der Waals surface area contributed by atoms with Gasteiger partial charge in [0, 0.05) is 18.5 Å². The third-order valence-corrected chi connectivity index (χ3v) is 7.32. The molecule has 1 saturated heterocycles. The van der Waals surface area contributed by atoms with E-state index >= 15 is 0 Å². The van der Waals surface area contributed by atoms with E-state index in [1.54, 1.807) is 4.90 Å². The zero-order chi connectivity index (χ0) is 21.8. The van der Waals surface area contributed by atoms with Crippen LogP contribution in [-0.2, 0) is 13.3 Å². The zero-order valence-corrected chi connectivity index (χ0v) is 19.5. The van der Waals surface area contributed by atoms with Gasteiger partial charge in [0.05, 0.1) is 13.1 Å². The molecule has 3 aromatic rings. The molecule has 1 aromatic heterocycles. The minimum absolute atomic E-state index is 0.393. The third-order valence-electron chi connectivity index (χ3n) is 6.93. The van der Waals surface area contributed by atoms with E-state index in [0.717, 1.165) is 28.7 Å². The number of quaternary nitrogens is 1. The van der Waals surface area contributed by atoms with Crippen molar-refractivity contribution in [3.8, 4) is 11.4 Å². The van der Waals surface area contributed by atoms with Crippen molar-refractivity contribution in [2.75, 3.05) is 13.1 Å². The highest BCUT2D eigenvalue weighted by atomic mass is 32.1. The molecule has 1 aliphatic heterocycles. The van der Waals surface area contributed by atoms with Crippen LogP contribution < -0.4 is 9.64 Å². The van der Waals surface area contributed by atoms with E-state index in [2.05, 4.69) is 41.0 Å². The minimum atomic E-state index is 0.393. The van der Waals surface area contributed by atoms with Crippen molar-refractivity contribution in [3.05, 3.63) is 70.8 Å². The molecule has 2 heterocycles. The smallest absolute Gasteiger partial charge is 0.207 e. The Morgan fingerprint density at radius 3 is 2.34 bits per heavy atom. The summed E-state index contributed by atoms with van der Waals surface area (Å²) in [6.07, 6.45) is 9.30. The molecule has 0 spiro atoms. The van der Waals surface area contributed by atoms with Crippen molar-refractivity contribution in [2.24, 2.45) is 0 Å². The van der Waals surface area contributed by atoms with E-state index < -0.39 is 0 Å². The van der Waals surface area contributed by atoms with Crippen LogP contribution in [0.2, 0.25) is 0 Å². The highest BCUT2D eigenvalue weighted by molar-refractivity contribution is 7.71. The van der Waals surface area contributed by atoms with Crippen molar-refractivity contribution in [2.45, 2.75) is 64.1 Å². The van der Waals surface area contributed by atoms with Gasteiger partial charge >= 0.3 is 0 Å². The van der Waals surface area contributed by atoms with Gasteiger partial charge in [0.15, 0.2) is 12.5 Å². The van der Waals surface area contributed by atoms with Crippen LogP contribution in [0.15, 0.2) is 54.6 Å². The molecule has 32 heavy (non-hydrogen) atoms. The maximum absolute atomic E-state index is 6.19. The average Bonchev–Trinajstić information content (AvgIpc) is 3.47. The quantitative estimate of drug-likeness (QED) is 0.533. The summed E-state index contributed by atoms with van der Waals surface area (Å²) >= 11 is 5.84. The number of hydrogen-bond donors (Lipinski definition) is 1. The predicted molar refractivity (Wildman–Crippen MR) is 129 cm³/mol. The third kappa shape index (κ3) is 4.81. The van der Waals surface area contributed by atoms with Crippen molar-refractivity contribution in [1.82, 2.24) is 14.3 Å². The van der Waals surface area contributed by atoms with Gasteiger partial charge in [-0.2, -0.15) is 4.68 Å². The number of benzene rings is 2. The fourth-order valence-corrected chi connectivity index (χ4v) is 5.47. The van der Waals surface area contributed by atoms with Gasteiger partial charge in [-0.15, -0.1) is 5.10 Å². The Hall–Kier alpha value is -2.44. The number of nitrogens with zero attached hydrogens (tertiary/aromatic N) is 3. The number of para-hydroxylation sites is 1. The maximum Gasteiger partial charge on any atom is 0.207 e. The molecule has 0 atom stereocenters. The van der Waals surface area contributed by atoms with E-state index in [1.165, 1.54) is 63.6 Å². The summed E-state index contributed by atoms with van der Waals surface area (Å²) < 4.78 is 11.0. The summed E-state index contributed by atoms with van der Waals surface area (Å²) in [4.78, 5) is 1.55. The van der Waals surface area contributed by atoms with E-state index in [4.69, 9.17) is 22.1 Å². The van der Waals surface area contributed by atoms with E-state index in [1.807, 2.05) is 22.9 Å². The van der Waals surface area contributed by atoms with Gasteiger partial charge in [0.1, 0.15) is 12.4 Å². The fourth-order valence-electron chi connectivity index (χ4n) is 5.15. The van der Waals surface area contributed by atoms with Crippen molar-refractivity contribution >= 4 is 12.2 Å². The molecule has 2 fully saturated rings. The van der Waals surface area contributed by atoms with Gasteiger partial charge < -0.3 is 9.64 Å². The number of ether oxygens (including phenoxy) is 1. The average molecular weight is 450 g/mol. The van der Waals surface area contributed by atoms with Gasteiger partial charge in [0.2, 0.25) is 4.77 Å². The lowest BCUT2D eigenvalue weighted by molar-refractivity contribution is -0.911. The summed E-state index contributed by atoms with van der Waals surface area (Å²) in [6.45, 7) is 3.60. The highest BCUT2D eigenvalue weighted by Crippen LogP contribution is 2.33. The summed E-state index contributed by atoms with van der Waals surface area (Å²) in [5, 5.41) is 4.89. The topological polar surface area (TPSA) is 36.4 Å². The second-order valence-electron chi connectivity index (χ2n) is 9.18. The second kappa shape index (κ2) is 10.0. The van der Waals surface area contributed by atoms with E-state index in [-0.39, 0.29) is 0 Å². The summed E-state index contributed by atoms with van der Waals surface area (Å²) in [7, 11) is 0. The van der Waals surface area contributed by atoms with Gasteiger partial charge in [-0.05, 0) is 60.8 Å². The minimum Gasteiger partial charge on any atom is -0.486 e. The lowest BCUT2D eigenvalue weighted by atomic mass is 9.84. The number of aromatic nitrogens is 3. The molecule has 168 valence electrons. The molecule has 5 rings (SSSR count). The summed E-state index contributed by atoms with van der Waals surface area (Å²) in [5.41, 5.74) is 2.48. The first kappa shape index (κ1) is 21.4. The number of hydrogen-bond acceptors (Lipinski definition) is 3. The van der Waals surface area contributed by atoms with E-state index in [9.17, 15) is 0 Å². The molecule has 6 heteroatoms. The Morgan fingerprint density at radius 2 is 1.62 bits per heavy atom. The van der Waals surface area contributed by atoms with Crippen LogP contribution in [0.3, 0.4) is 0 Å². The fraction of sp³-hybridized carbons (Fsp3) is 0.462. The Morgan fingerprint density at radius 1 is 0.906 bits per heavy atom. The molecule has 2 aromatic carbocycles. The van der Waals surface area contributed by atoms with Crippen molar-refractivity contribution in [1.29, 1.82) is 0 Å². The second-order valence-corrected chi connectivity index (χ2v) is 9.54. The predicted octanol–water partition coefficient (Wildman–Crippen LogP) is 4.67. The summed E-state index contributed by atoms with van der Waals surface area (Å²) in [6, 6.07) is 18.9. The molecule has 5 nitrogen and oxygen atoms in total. The van der Waals surface area contributed by atoms with Gasteiger partial charge in [-0.25, -0.2) is 0 Å². The number of nitrogens with one attached hydrogen (secondary N) is 1. The van der Waals surface area contributed by atoms with Crippen LogP contribution in [0, 0.1) is 4.77 Å². The first-order chi connectivity index (χ1) is 15.8. The van der Waals surface area contributed by atoms with Crippen molar-refractivity contribution in [3.63, 3.8) is 0 Å². The molecular weight excluding hydrogens is 416 g/mol. The van der Waals surface area contributed by atoms with Crippen molar-refractivity contribution < 1.29 is 9.64 Å². The molecular formula is C26H33N4OS+. The molecule has 2 aliphatic rings. The number of rotatable bonds is 7. The van der Waals surface area contributed by atoms with Gasteiger partial charge in [0.25, 0.3) is 0 Å². The first-order valence-corrected chi connectivity index (χ1v) is 12.5. The summed E-state index contributed by atoms with van der Waals surface area (Å²) in [5.74, 6) is 2.44. The Balaban J connectivity index is 1.34. The first-order valence-electron chi connectivity index (χ1n) is 12.1. The van der Waals surface area contributed by atoms with Gasteiger partial charge in [-0.3, -0.25) is 4.57 Å². The number of likely N-dealkylation sites (tertiary alicyclic amines) is 1. The van der Waals surface area contributed by atoms with Crippen LogP contribution in [-0.4, -0.2) is 27.4 Å². The lowest BCUT2D eigenvalue weighted by Crippen LogP contribution is -3.09. The monoisotopic (exact) mass is 449 g/mol. The molecule has 1 aliphatic carbocycles. The van der Waals surface area contributed by atoms with Crippen LogP contribution in [0.25, 0.3) is 5.69 Å². The largest absolute Gasteiger partial charge is 0.486 e. The maximum atomic E-state index is 6.19. The molecule has 1 saturated carbocycles. The Bertz CT molecular complexity index is 1060. The standard InChI is InChI=1S/C26H32N4OS/c32-26-29(20-28-17-7-8-18-28)27-25(30(26)23-11-5-2-6-12-23)19-31-24-15-13-22(14-16-24)21-9-3-1-4-10-21/h2,5-6,11-16,21H,1,3-4,7-10,17-20H2/p+1. The zero-order valence-electron chi connectivity index (χ0n) is 18.7. The SMILES string of the molecule is S=c1n(C[NH+]2CCCC2)nc(COc2ccc(C3CCCCC3)cc2)n1-c1ccccc1. The van der Waals surface area contributed by atoms with E-state index in [0.29, 0.717) is 12.5 Å². The lowest BCUT2D eigenvalue weighted by Gasteiger charge is -2.22. The molecule has 0 amide bonds. The Labute approximate surface area is 195 Å². The Kier molecular flexibility index (Phi) is 6.69. The molecule has 0 radical (unpaired) electrons. The molecule has 1 N–H and O–H groups in total. The van der Waals surface area contributed by atoms with Crippen LogP contribution in [0.1, 0.15) is 62.3 Å².